The van der Waals surface area contributed by atoms with Gasteiger partial charge < -0.3 is 5.32 Å². The van der Waals surface area contributed by atoms with Crippen LogP contribution in [-0.2, 0) is 4.79 Å². The molecule has 0 aromatic carbocycles. The van der Waals surface area contributed by atoms with Crippen molar-refractivity contribution >= 4 is 5.91 Å². The van der Waals surface area contributed by atoms with Crippen LogP contribution < -0.4 is 5.32 Å². The van der Waals surface area contributed by atoms with Crippen molar-refractivity contribution in [3.05, 3.63) is 0 Å². The second-order valence-corrected chi connectivity index (χ2v) is 4.57. The Balaban J connectivity index is 1.82. The smallest absolute Gasteiger partial charge is 0.221 e. The summed E-state index contributed by atoms with van der Waals surface area (Å²) in [5.74, 6) is 0.262. The molecule has 72 valence electrons. The Morgan fingerprint density at radius 3 is 2.54 bits per heavy atom. The third kappa shape index (κ3) is 1.26. The minimum absolute atomic E-state index is 0.262. The summed E-state index contributed by atoms with van der Waals surface area (Å²) in [6.45, 7) is 0.895. The Morgan fingerprint density at radius 2 is 1.77 bits per heavy atom. The van der Waals surface area contributed by atoms with E-state index in [1.807, 2.05) is 0 Å². The van der Waals surface area contributed by atoms with Crippen molar-refractivity contribution in [2.75, 3.05) is 6.54 Å². The van der Waals surface area contributed by atoms with Crippen LogP contribution in [0.2, 0.25) is 0 Å². The van der Waals surface area contributed by atoms with Crippen molar-refractivity contribution < 1.29 is 4.79 Å². The summed E-state index contributed by atoms with van der Waals surface area (Å²) in [6.07, 6.45) is 6.01. The molecule has 13 heavy (non-hydrogen) atoms. The molecule has 2 aliphatic heterocycles. The Kier molecular flexibility index (Phi) is 1.62. The molecular weight excluding hydrogens is 164 g/mol. The van der Waals surface area contributed by atoms with Crippen molar-refractivity contribution in [1.82, 2.24) is 10.2 Å². The Hall–Kier alpha value is -0.570. The largest absolute Gasteiger partial charge is 0.354 e. The lowest BCUT2D eigenvalue weighted by Crippen LogP contribution is -2.39. The zero-order valence-electron chi connectivity index (χ0n) is 7.83. The van der Waals surface area contributed by atoms with Crippen LogP contribution in [0, 0.1) is 0 Å². The van der Waals surface area contributed by atoms with Crippen molar-refractivity contribution in [2.24, 2.45) is 0 Å². The first-order valence-electron chi connectivity index (χ1n) is 5.39. The number of carbonyl (C=O) groups excluding carboxylic acids is 1. The number of carbonyl (C=O) groups is 1. The van der Waals surface area contributed by atoms with Crippen molar-refractivity contribution in [3.8, 4) is 0 Å². The lowest BCUT2D eigenvalue weighted by molar-refractivity contribution is -0.121. The van der Waals surface area contributed by atoms with Gasteiger partial charge in [-0.05, 0) is 25.7 Å². The van der Waals surface area contributed by atoms with Crippen LogP contribution in [-0.4, -0.2) is 35.5 Å². The van der Waals surface area contributed by atoms with Gasteiger partial charge in [0.15, 0.2) is 0 Å². The van der Waals surface area contributed by atoms with Crippen molar-refractivity contribution in [3.63, 3.8) is 0 Å². The number of hydrogen-bond acceptors (Lipinski definition) is 2. The summed E-state index contributed by atoms with van der Waals surface area (Å²) in [5.41, 5.74) is 0. The van der Waals surface area contributed by atoms with Crippen LogP contribution in [0.4, 0.5) is 0 Å². The van der Waals surface area contributed by atoms with E-state index < -0.39 is 0 Å². The van der Waals surface area contributed by atoms with E-state index >= 15 is 0 Å². The van der Waals surface area contributed by atoms with Gasteiger partial charge in [0.2, 0.25) is 5.91 Å². The monoisotopic (exact) mass is 180 g/mol. The maximum absolute atomic E-state index is 11.3. The molecule has 2 bridgehead atoms. The Bertz CT molecular complexity index is 237. The van der Waals surface area contributed by atoms with E-state index in [9.17, 15) is 4.79 Å². The number of nitrogens with one attached hydrogen (secondary N) is 1. The first kappa shape index (κ1) is 7.80. The molecule has 3 heteroatoms. The molecule has 0 aromatic rings. The highest BCUT2D eigenvalue weighted by Gasteiger charge is 2.44. The van der Waals surface area contributed by atoms with Gasteiger partial charge in [-0.2, -0.15) is 0 Å². The van der Waals surface area contributed by atoms with Crippen LogP contribution in [0.5, 0.6) is 0 Å². The number of rotatable bonds is 1. The average molecular weight is 180 g/mol. The molecule has 3 rings (SSSR count). The van der Waals surface area contributed by atoms with E-state index in [2.05, 4.69) is 10.2 Å². The summed E-state index contributed by atoms with van der Waals surface area (Å²) < 4.78 is 0. The molecule has 3 fully saturated rings. The molecule has 0 radical (unpaired) electrons. The molecule has 1 N–H and O–H groups in total. The third-order valence-corrected chi connectivity index (χ3v) is 3.60. The van der Waals surface area contributed by atoms with E-state index in [4.69, 9.17) is 0 Å². The van der Waals surface area contributed by atoms with E-state index in [1.165, 1.54) is 25.7 Å². The van der Waals surface area contributed by atoms with Crippen LogP contribution >= 0.6 is 0 Å². The molecule has 1 amide bonds. The predicted octanol–water partition coefficient (Wildman–Crippen LogP) is 0.502. The maximum atomic E-state index is 11.3. The molecule has 2 heterocycles. The third-order valence-electron chi connectivity index (χ3n) is 3.60. The molecule has 3 aliphatic rings. The minimum Gasteiger partial charge on any atom is -0.354 e. The van der Waals surface area contributed by atoms with Crippen LogP contribution in [0.3, 0.4) is 0 Å². The van der Waals surface area contributed by atoms with E-state index in [1.54, 1.807) is 0 Å². The van der Waals surface area contributed by atoms with Crippen molar-refractivity contribution in [1.29, 1.82) is 0 Å². The molecule has 2 atom stereocenters. The van der Waals surface area contributed by atoms with Gasteiger partial charge in [0.25, 0.3) is 0 Å². The maximum Gasteiger partial charge on any atom is 0.221 e. The fraction of sp³-hybridized carbons (Fsp3) is 0.900. The summed E-state index contributed by atoms with van der Waals surface area (Å²) in [7, 11) is 0. The van der Waals surface area contributed by atoms with Gasteiger partial charge in [-0.15, -0.1) is 0 Å². The fourth-order valence-electron chi connectivity index (χ4n) is 2.88. The molecule has 0 spiro atoms. The van der Waals surface area contributed by atoms with Gasteiger partial charge in [0.1, 0.15) is 0 Å². The number of fused-ring (bicyclic) bond motifs is 2. The predicted molar refractivity (Wildman–Crippen MR) is 49.3 cm³/mol. The molecule has 0 unspecified atom stereocenters. The summed E-state index contributed by atoms with van der Waals surface area (Å²) >= 11 is 0. The summed E-state index contributed by atoms with van der Waals surface area (Å²) in [6, 6.07) is 2.05. The molecule has 1 aliphatic carbocycles. The first-order valence-corrected chi connectivity index (χ1v) is 5.39. The SMILES string of the molecule is O=C1C[C@H]2CC[C@H](CN1)N2C1CC1. The molecule has 3 nitrogen and oxygen atoms in total. The van der Waals surface area contributed by atoms with Crippen LogP contribution in [0.25, 0.3) is 0 Å². The first-order chi connectivity index (χ1) is 6.34. The zero-order valence-corrected chi connectivity index (χ0v) is 7.83. The summed E-state index contributed by atoms with van der Waals surface area (Å²) in [5, 5.41) is 3.01. The number of hydrogen-bond donors (Lipinski definition) is 1. The van der Waals surface area contributed by atoms with Gasteiger partial charge in [-0.25, -0.2) is 0 Å². The zero-order chi connectivity index (χ0) is 8.84. The highest BCUT2D eigenvalue weighted by atomic mass is 16.1. The quantitative estimate of drug-likeness (QED) is 0.637. The minimum atomic E-state index is 0.262. The van der Waals surface area contributed by atoms with Gasteiger partial charge in [-0.3, -0.25) is 9.69 Å². The summed E-state index contributed by atoms with van der Waals surface area (Å²) in [4.78, 5) is 13.9. The van der Waals surface area contributed by atoms with Crippen LogP contribution in [0.1, 0.15) is 32.1 Å². The lowest BCUT2D eigenvalue weighted by atomic mass is 10.1. The number of nitrogens with zero attached hydrogens (tertiary/aromatic N) is 1. The Labute approximate surface area is 78.5 Å². The van der Waals surface area contributed by atoms with Gasteiger partial charge in [0.05, 0.1) is 0 Å². The standard InChI is InChI=1S/C10H16N2O/c13-10-5-8-3-4-9(6-11-10)12(8)7-1-2-7/h7-9H,1-6H2,(H,11,13)/t8-,9-/m1/s1. The van der Waals surface area contributed by atoms with E-state index in [0.717, 1.165) is 19.0 Å². The second kappa shape index (κ2) is 2.71. The van der Waals surface area contributed by atoms with E-state index in [-0.39, 0.29) is 5.91 Å². The highest BCUT2D eigenvalue weighted by molar-refractivity contribution is 5.77. The molecule has 0 aromatic heterocycles. The highest BCUT2D eigenvalue weighted by Crippen LogP contribution is 2.38. The normalized spacial score (nSPS) is 40.2. The molecule has 1 saturated carbocycles. The fourth-order valence-corrected chi connectivity index (χ4v) is 2.88. The van der Waals surface area contributed by atoms with Crippen molar-refractivity contribution in [2.45, 2.75) is 50.2 Å². The van der Waals surface area contributed by atoms with Gasteiger partial charge in [-0.1, -0.05) is 0 Å². The lowest BCUT2D eigenvalue weighted by Gasteiger charge is -2.26. The average Bonchev–Trinajstić information content (AvgIpc) is 2.85. The topological polar surface area (TPSA) is 32.3 Å². The number of amides is 1. The second-order valence-electron chi connectivity index (χ2n) is 4.57. The Morgan fingerprint density at radius 1 is 1.08 bits per heavy atom. The van der Waals surface area contributed by atoms with Gasteiger partial charge >= 0.3 is 0 Å². The molecule has 2 saturated heterocycles. The molecular formula is C10H16N2O. The van der Waals surface area contributed by atoms with E-state index in [0.29, 0.717) is 12.1 Å². The van der Waals surface area contributed by atoms with Gasteiger partial charge in [0, 0.05) is 31.1 Å². The van der Waals surface area contributed by atoms with Crippen LogP contribution in [0.15, 0.2) is 0 Å².